The van der Waals surface area contributed by atoms with Gasteiger partial charge in [0.1, 0.15) is 12.7 Å². The Bertz CT molecular complexity index is 1650. The average Bonchev–Trinajstić information content (AvgIpc) is 3.32. The van der Waals surface area contributed by atoms with E-state index in [1.54, 1.807) is 0 Å². The molecule has 0 aliphatic heterocycles. The van der Waals surface area contributed by atoms with Gasteiger partial charge in [0.15, 0.2) is 6.04 Å². The van der Waals surface area contributed by atoms with Crippen LogP contribution in [0.4, 0.5) is 0 Å². The fourth-order valence-electron chi connectivity index (χ4n) is 6.05. The van der Waals surface area contributed by atoms with Gasteiger partial charge in [-0.05, 0) is 109 Å². The summed E-state index contributed by atoms with van der Waals surface area (Å²) in [7, 11) is -4.79. The van der Waals surface area contributed by atoms with E-state index in [2.05, 4.69) is 141 Å². The lowest BCUT2D eigenvalue weighted by molar-refractivity contribution is -0.147. The van der Waals surface area contributed by atoms with Crippen LogP contribution < -0.4 is 5.32 Å². The number of aliphatic hydroxyl groups is 1. The van der Waals surface area contributed by atoms with Gasteiger partial charge in [-0.3, -0.25) is 18.6 Å². The molecule has 0 aliphatic rings. The SMILES string of the molecule is CC/C=C\C/C=C\C/C=C\C/C=C\C/C=C\C/C=C\C/C=C\CCCC(=O)OCC(O)COP(=O)(O)OCC(NC(=O)CCCCCCC/C=C\C/C=C\C/C=C\C/C=C\CCCCC)C(=O)O. The Labute approximate surface area is 411 Å². The third kappa shape index (κ3) is 48.1. The van der Waals surface area contributed by atoms with Crippen molar-refractivity contribution >= 4 is 25.7 Å². The van der Waals surface area contributed by atoms with Crippen molar-refractivity contribution in [1.82, 2.24) is 5.32 Å². The summed E-state index contributed by atoms with van der Waals surface area (Å²) in [5.41, 5.74) is 0. The summed E-state index contributed by atoms with van der Waals surface area (Å²) < 4.78 is 26.9. The summed E-state index contributed by atoms with van der Waals surface area (Å²) in [6.45, 7) is 2.37. The first-order chi connectivity index (χ1) is 33.1. The zero-order valence-corrected chi connectivity index (χ0v) is 42.5. The summed E-state index contributed by atoms with van der Waals surface area (Å²) in [5.74, 6) is -2.48. The molecule has 1 amide bonds. The number of esters is 1. The van der Waals surface area contributed by atoms with Gasteiger partial charge in [-0.15, -0.1) is 0 Å². The zero-order valence-electron chi connectivity index (χ0n) is 41.6. The molecule has 0 spiro atoms. The molecule has 12 heteroatoms. The van der Waals surface area contributed by atoms with Gasteiger partial charge in [0, 0.05) is 12.8 Å². The summed E-state index contributed by atoms with van der Waals surface area (Å²) in [6, 6.07) is -1.57. The Balaban J connectivity index is 4.00. The number of phosphoric acid groups is 1. The van der Waals surface area contributed by atoms with Crippen LogP contribution in [0, 0.1) is 0 Å². The van der Waals surface area contributed by atoms with Crippen LogP contribution in [0.5, 0.6) is 0 Å². The van der Waals surface area contributed by atoms with Gasteiger partial charge in [-0.2, -0.15) is 0 Å². The van der Waals surface area contributed by atoms with Crippen molar-refractivity contribution in [3.8, 4) is 0 Å². The second kappa shape index (κ2) is 49.1. The summed E-state index contributed by atoms with van der Waals surface area (Å²) in [6.07, 6.45) is 67.6. The fourth-order valence-corrected chi connectivity index (χ4v) is 6.82. The lowest BCUT2D eigenvalue weighted by Crippen LogP contribution is -2.43. The Morgan fingerprint density at radius 1 is 0.485 bits per heavy atom. The first kappa shape index (κ1) is 63.6. The average molecular weight is 966 g/mol. The number of unbranched alkanes of at least 4 members (excludes halogenated alkanes) is 9. The number of carbonyl (C=O) groups is 3. The fraction of sp³-hybridized carbons (Fsp3) is 0.554. The largest absolute Gasteiger partial charge is 0.480 e. The third-order valence-electron chi connectivity index (χ3n) is 9.92. The molecular weight excluding hydrogens is 878 g/mol. The van der Waals surface area contributed by atoms with E-state index in [0.717, 1.165) is 96.3 Å². The highest BCUT2D eigenvalue weighted by Gasteiger charge is 2.28. The lowest BCUT2D eigenvalue weighted by Gasteiger charge is -2.18. The number of hydrogen-bond donors (Lipinski definition) is 4. The number of rotatable bonds is 45. The molecular formula is C56H88NO10P. The Morgan fingerprint density at radius 3 is 1.31 bits per heavy atom. The maximum absolute atomic E-state index is 12.4. The Morgan fingerprint density at radius 2 is 0.868 bits per heavy atom. The number of carboxylic acid groups (broad SMARTS) is 1. The smallest absolute Gasteiger partial charge is 0.472 e. The number of carbonyl (C=O) groups excluding carboxylic acids is 2. The molecule has 0 saturated heterocycles. The number of amides is 1. The first-order valence-corrected chi connectivity index (χ1v) is 26.7. The van der Waals surface area contributed by atoms with E-state index in [9.17, 15) is 34.1 Å². The molecule has 0 bridgehead atoms. The van der Waals surface area contributed by atoms with E-state index in [0.29, 0.717) is 19.3 Å². The van der Waals surface area contributed by atoms with Crippen molar-refractivity contribution < 1.29 is 47.8 Å². The van der Waals surface area contributed by atoms with E-state index >= 15 is 0 Å². The number of aliphatic carboxylic acids is 1. The maximum atomic E-state index is 12.4. The molecule has 0 saturated carbocycles. The molecule has 0 heterocycles. The van der Waals surface area contributed by atoms with E-state index in [4.69, 9.17) is 13.8 Å². The Kier molecular flexibility index (Phi) is 45.9. The zero-order chi connectivity index (χ0) is 49.9. The predicted molar refractivity (Wildman–Crippen MR) is 281 cm³/mol. The van der Waals surface area contributed by atoms with Crippen molar-refractivity contribution in [2.75, 3.05) is 19.8 Å². The number of phosphoric ester groups is 1. The van der Waals surface area contributed by atoms with Crippen LogP contribution in [0.3, 0.4) is 0 Å². The van der Waals surface area contributed by atoms with Gasteiger partial charge >= 0.3 is 19.8 Å². The van der Waals surface area contributed by atoms with Gasteiger partial charge in [-0.25, -0.2) is 9.36 Å². The minimum atomic E-state index is -4.79. The van der Waals surface area contributed by atoms with Crippen LogP contribution in [0.25, 0.3) is 0 Å². The topological polar surface area (TPSA) is 169 Å². The number of aliphatic hydroxyl groups excluding tert-OH is 1. The molecule has 0 aromatic carbocycles. The van der Waals surface area contributed by atoms with Crippen LogP contribution in [0.15, 0.2) is 134 Å². The van der Waals surface area contributed by atoms with Gasteiger partial charge in [-0.1, -0.05) is 180 Å². The summed E-state index contributed by atoms with van der Waals surface area (Å²) in [4.78, 5) is 46.1. The van der Waals surface area contributed by atoms with Crippen LogP contribution >= 0.6 is 7.82 Å². The second-order valence-electron chi connectivity index (χ2n) is 16.3. The highest BCUT2D eigenvalue weighted by Crippen LogP contribution is 2.43. The van der Waals surface area contributed by atoms with Crippen LogP contribution in [0.1, 0.15) is 168 Å². The van der Waals surface area contributed by atoms with Crippen molar-refractivity contribution in [3.05, 3.63) is 134 Å². The molecule has 68 heavy (non-hydrogen) atoms. The molecule has 0 aromatic rings. The molecule has 0 radical (unpaired) electrons. The Hall–Kier alpha value is -4.38. The molecule has 0 rings (SSSR count). The highest BCUT2D eigenvalue weighted by molar-refractivity contribution is 7.47. The maximum Gasteiger partial charge on any atom is 0.472 e. The van der Waals surface area contributed by atoms with E-state index in [1.165, 1.54) is 25.7 Å². The standard InChI is InChI=1S/C56H88NO10P/c1-3-5-7-9-11-13-15-17-19-21-23-25-26-28-30-32-34-36-38-40-42-44-46-48-55(60)65-49-52(58)50-66-68(63,64)67-51-53(56(61)62)57-54(59)47-45-43-41-39-37-35-33-31-29-27-24-22-20-18-16-14-12-10-8-6-4-2/h5,7,11-14,17-20,23-25,27-28,30-31,33-34,36,40,42,52-53,58H,3-4,6,8-10,15-16,21-22,26,29,32,35,37-39,41,43-51H2,1-2H3,(H,57,59)(H,61,62)(H,63,64)/b7-5-,13-11-,14-12-,19-17-,20-18-,25-23-,27-24-,30-28-,33-31-,36-34-,42-40-. The molecule has 382 valence electrons. The first-order valence-electron chi connectivity index (χ1n) is 25.2. The number of hydrogen-bond acceptors (Lipinski definition) is 8. The number of allylic oxidation sites excluding steroid dienone is 22. The molecule has 3 unspecified atom stereocenters. The summed E-state index contributed by atoms with van der Waals surface area (Å²) >= 11 is 0. The van der Waals surface area contributed by atoms with Gasteiger partial charge in [0.05, 0.1) is 13.2 Å². The van der Waals surface area contributed by atoms with Crippen LogP contribution in [-0.2, 0) is 32.7 Å². The highest BCUT2D eigenvalue weighted by atomic mass is 31.2. The van der Waals surface area contributed by atoms with Crippen LogP contribution in [0.2, 0.25) is 0 Å². The van der Waals surface area contributed by atoms with Crippen molar-refractivity contribution in [3.63, 3.8) is 0 Å². The van der Waals surface area contributed by atoms with E-state index in [-0.39, 0.29) is 12.8 Å². The van der Waals surface area contributed by atoms with Crippen molar-refractivity contribution in [2.45, 2.75) is 180 Å². The number of carboxylic acids is 1. The molecule has 11 nitrogen and oxygen atoms in total. The van der Waals surface area contributed by atoms with Crippen LogP contribution in [-0.4, -0.2) is 64.9 Å². The molecule has 0 aromatic heterocycles. The summed E-state index contributed by atoms with van der Waals surface area (Å²) in [5, 5.41) is 21.9. The van der Waals surface area contributed by atoms with E-state index < -0.39 is 57.6 Å². The van der Waals surface area contributed by atoms with E-state index in [1.807, 2.05) is 12.2 Å². The lowest BCUT2D eigenvalue weighted by atomic mass is 10.1. The van der Waals surface area contributed by atoms with Crippen molar-refractivity contribution in [2.24, 2.45) is 0 Å². The normalized spacial score (nSPS) is 14.6. The molecule has 0 fully saturated rings. The van der Waals surface area contributed by atoms with Gasteiger partial charge in [0.25, 0.3) is 0 Å². The monoisotopic (exact) mass is 966 g/mol. The molecule has 0 aliphatic carbocycles. The number of nitrogens with one attached hydrogen (secondary N) is 1. The van der Waals surface area contributed by atoms with Crippen molar-refractivity contribution in [1.29, 1.82) is 0 Å². The third-order valence-corrected chi connectivity index (χ3v) is 10.9. The van der Waals surface area contributed by atoms with Gasteiger partial charge < -0.3 is 25.2 Å². The minimum absolute atomic E-state index is 0.112. The second-order valence-corrected chi connectivity index (χ2v) is 17.7. The number of ether oxygens (including phenoxy) is 1. The predicted octanol–water partition coefficient (Wildman–Crippen LogP) is 14.1. The molecule has 3 atom stereocenters. The minimum Gasteiger partial charge on any atom is -0.480 e. The molecule has 4 N–H and O–H groups in total. The van der Waals surface area contributed by atoms with Gasteiger partial charge in [0.2, 0.25) is 5.91 Å². The quantitative estimate of drug-likeness (QED) is 0.0199.